The summed E-state index contributed by atoms with van der Waals surface area (Å²) >= 11 is 4.87. The number of H-pyrrole nitrogens is 1. The van der Waals surface area contributed by atoms with Crippen molar-refractivity contribution in [2.45, 2.75) is 6.92 Å². The Kier molecular flexibility index (Phi) is 1.98. The number of nitrogens with one attached hydrogen (secondary N) is 1. The fourth-order valence-corrected chi connectivity index (χ4v) is 1.25. The number of benzene rings is 1. The number of hydrogen-bond acceptors (Lipinski definition) is 2. The van der Waals surface area contributed by atoms with Gasteiger partial charge in [-0.3, -0.25) is 5.10 Å². The first kappa shape index (κ1) is 8.19. The number of hydrogen-bond donors (Lipinski definition) is 1. The van der Waals surface area contributed by atoms with Gasteiger partial charge in [-0.15, -0.1) is 0 Å². The van der Waals surface area contributed by atoms with Gasteiger partial charge in [-0.2, -0.15) is 0 Å². The quantitative estimate of drug-likeness (QED) is 0.701. The minimum atomic E-state index is 0.501. The Morgan fingerprint density at radius 2 is 2.00 bits per heavy atom. The summed E-state index contributed by atoms with van der Waals surface area (Å²) in [5, 5.41) is 2.93. The van der Waals surface area contributed by atoms with E-state index in [4.69, 9.17) is 12.2 Å². The molecular formula is C9H9N3S. The van der Waals surface area contributed by atoms with Gasteiger partial charge in [-0.1, -0.05) is 17.7 Å². The standard InChI is InChI=1S/C9H9N3S/c1-7-2-4-8(5-3-7)12-6-10-9(13)11-12/h2-6H,1H3,(H,11,13). The second kappa shape index (κ2) is 3.14. The predicted molar refractivity (Wildman–Crippen MR) is 53.5 cm³/mol. The zero-order valence-electron chi connectivity index (χ0n) is 7.19. The molecule has 0 bridgehead atoms. The third-order valence-corrected chi connectivity index (χ3v) is 2.02. The molecular weight excluding hydrogens is 182 g/mol. The molecule has 0 radical (unpaired) electrons. The summed E-state index contributed by atoms with van der Waals surface area (Å²) in [6.45, 7) is 2.06. The van der Waals surface area contributed by atoms with Crippen LogP contribution in [0, 0.1) is 11.7 Å². The molecule has 1 N–H and O–H groups in total. The van der Waals surface area contributed by atoms with E-state index in [1.165, 1.54) is 5.56 Å². The van der Waals surface area contributed by atoms with Crippen LogP contribution in [-0.4, -0.2) is 14.8 Å². The highest BCUT2D eigenvalue weighted by Crippen LogP contribution is 2.06. The van der Waals surface area contributed by atoms with Gasteiger partial charge in [-0.25, -0.2) is 9.67 Å². The maximum atomic E-state index is 4.87. The summed E-state index contributed by atoms with van der Waals surface area (Å²) in [6.07, 6.45) is 1.67. The van der Waals surface area contributed by atoms with Gasteiger partial charge in [-0.05, 0) is 31.3 Å². The highest BCUT2D eigenvalue weighted by molar-refractivity contribution is 7.71. The van der Waals surface area contributed by atoms with Crippen LogP contribution in [0.2, 0.25) is 0 Å². The van der Waals surface area contributed by atoms with Crippen LogP contribution >= 0.6 is 12.2 Å². The maximum Gasteiger partial charge on any atom is 0.213 e. The Morgan fingerprint density at radius 1 is 1.31 bits per heavy atom. The summed E-state index contributed by atoms with van der Waals surface area (Å²) in [4.78, 5) is 3.94. The van der Waals surface area contributed by atoms with Crippen molar-refractivity contribution in [2.24, 2.45) is 0 Å². The summed E-state index contributed by atoms with van der Waals surface area (Å²) in [5.41, 5.74) is 2.27. The summed E-state index contributed by atoms with van der Waals surface area (Å²) in [5.74, 6) is 0. The van der Waals surface area contributed by atoms with Crippen molar-refractivity contribution < 1.29 is 0 Å². The van der Waals surface area contributed by atoms with Gasteiger partial charge in [0.05, 0.1) is 5.69 Å². The molecule has 0 saturated heterocycles. The lowest BCUT2D eigenvalue weighted by molar-refractivity contribution is 0.873. The Morgan fingerprint density at radius 3 is 2.54 bits per heavy atom. The van der Waals surface area contributed by atoms with E-state index in [9.17, 15) is 0 Å². The maximum absolute atomic E-state index is 4.87. The van der Waals surface area contributed by atoms with Crippen molar-refractivity contribution in [2.75, 3.05) is 0 Å². The largest absolute Gasteiger partial charge is 0.267 e. The lowest BCUT2D eigenvalue weighted by Gasteiger charge is -2.00. The predicted octanol–water partition coefficient (Wildman–Crippen LogP) is 2.24. The normalized spacial score (nSPS) is 10.2. The lowest BCUT2D eigenvalue weighted by atomic mass is 10.2. The molecule has 4 heteroatoms. The van der Waals surface area contributed by atoms with Crippen molar-refractivity contribution in [3.05, 3.63) is 40.9 Å². The number of aromatic amines is 1. The molecule has 2 aromatic rings. The van der Waals surface area contributed by atoms with E-state index in [2.05, 4.69) is 17.0 Å². The number of nitrogens with zero attached hydrogens (tertiary/aromatic N) is 2. The third kappa shape index (κ3) is 1.67. The second-order valence-corrected chi connectivity index (χ2v) is 3.25. The van der Waals surface area contributed by atoms with Crippen molar-refractivity contribution in [1.29, 1.82) is 0 Å². The molecule has 1 aromatic carbocycles. The molecule has 13 heavy (non-hydrogen) atoms. The van der Waals surface area contributed by atoms with E-state index in [-0.39, 0.29) is 0 Å². The molecule has 0 fully saturated rings. The molecule has 0 spiro atoms. The molecule has 3 nitrogen and oxygen atoms in total. The molecule has 0 unspecified atom stereocenters. The number of aromatic nitrogens is 3. The van der Waals surface area contributed by atoms with Gasteiger partial charge in [0.1, 0.15) is 6.33 Å². The highest BCUT2D eigenvalue weighted by atomic mass is 32.1. The molecule has 0 amide bonds. The zero-order valence-corrected chi connectivity index (χ0v) is 8.01. The Bertz CT molecular complexity index is 452. The van der Waals surface area contributed by atoms with Crippen LogP contribution < -0.4 is 0 Å². The lowest BCUT2D eigenvalue weighted by Crippen LogP contribution is -1.93. The molecule has 0 saturated carbocycles. The molecule has 0 aliphatic carbocycles. The summed E-state index contributed by atoms with van der Waals surface area (Å²) < 4.78 is 2.29. The van der Waals surface area contributed by atoms with Crippen LogP contribution in [0.1, 0.15) is 5.56 Å². The minimum Gasteiger partial charge on any atom is -0.267 e. The average Bonchev–Trinajstić information content (AvgIpc) is 2.53. The molecule has 0 aliphatic rings. The molecule has 0 aliphatic heterocycles. The van der Waals surface area contributed by atoms with Gasteiger partial charge in [0.15, 0.2) is 0 Å². The van der Waals surface area contributed by atoms with Crippen molar-refractivity contribution in [1.82, 2.24) is 14.8 Å². The van der Waals surface area contributed by atoms with Gasteiger partial charge in [0.25, 0.3) is 0 Å². The monoisotopic (exact) mass is 191 g/mol. The van der Waals surface area contributed by atoms with Gasteiger partial charge < -0.3 is 0 Å². The van der Waals surface area contributed by atoms with E-state index in [1.54, 1.807) is 11.0 Å². The number of aryl methyl sites for hydroxylation is 1. The van der Waals surface area contributed by atoms with Gasteiger partial charge >= 0.3 is 0 Å². The molecule has 1 aromatic heterocycles. The molecule has 2 rings (SSSR count). The topological polar surface area (TPSA) is 33.6 Å². The second-order valence-electron chi connectivity index (χ2n) is 2.87. The van der Waals surface area contributed by atoms with Gasteiger partial charge in [0, 0.05) is 0 Å². The van der Waals surface area contributed by atoms with E-state index in [1.807, 2.05) is 24.3 Å². The van der Waals surface area contributed by atoms with Crippen LogP contribution in [0.15, 0.2) is 30.6 Å². The van der Waals surface area contributed by atoms with Crippen LogP contribution in [0.3, 0.4) is 0 Å². The number of rotatable bonds is 1. The Labute approximate surface area is 81.0 Å². The van der Waals surface area contributed by atoms with Crippen molar-refractivity contribution >= 4 is 12.2 Å². The van der Waals surface area contributed by atoms with Crippen molar-refractivity contribution in [3.8, 4) is 5.69 Å². The fourth-order valence-electron chi connectivity index (χ4n) is 1.11. The van der Waals surface area contributed by atoms with E-state index in [0.29, 0.717) is 4.77 Å². The van der Waals surface area contributed by atoms with Crippen LogP contribution in [0.5, 0.6) is 0 Å². The first-order chi connectivity index (χ1) is 6.25. The minimum absolute atomic E-state index is 0.501. The molecule has 66 valence electrons. The van der Waals surface area contributed by atoms with Crippen LogP contribution in [-0.2, 0) is 0 Å². The Hall–Kier alpha value is -1.42. The smallest absolute Gasteiger partial charge is 0.213 e. The molecule has 1 heterocycles. The van der Waals surface area contributed by atoms with E-state index < -0.39 is 0 Å². The van der Waals surface area contributed by atoms with E-state index >= 15 is 0 Å². The Balaban J connectivity index is 2.47. The van der Waals surface area contributed by atoms with Crippen LogP contribution in [0.25, 0.3) is 5.69 Å². The van der Waals surface area contributed by atoms with Gasteiger partial charge in [0.2, 0.25) is 4.77 Å². The van der Waals surface area contributed by atoms with E-state index in [0.717, 1.165) is 5.69 Å². The first-order valence-corrected chi connectivity index (χ1v) is 4.37. The highest BCUT2D eigenvalue weighted by Gasteiger charge is 1.94. The SMILES string of the molecule is Cc1ccc(-n2cnc(=S)[nH]2)cc1. The third-order valence-electron chi connectivity index (χ3n) is 1.82. The van der Waals surface area contributed by atoms with Crippen molar-refractivity contribution in [3.63, 3.8) is 0 Å². The van der Waals surface area contributed by atoms with Crippen LogP contribution in [0.4, 0.5) is 0 Å². The fraction of sp³-hybridized carbons (Fsp3) is 0.111. The molecule has 0 atom stereocenters. The summed E-state index contributed by atoms with van der Waals surface area (Å²) in [6, 6.07) is 8.13. The summed E-state index contributed by atoms with van der Waals surface area (Å²) in [7, 11) is 0. The zero-order chi connectivity index (χ0) is 9.26. The average molecular weight is 191 g/mol. The first-order valence-electron chi connectivity index (χ1n) is 3.96.